The lowest BCUT2D eigenvalue weighted by atomic mass is 10.0. The van der Waals surface area contributed by atoms with Crippen LogP contribution in [-0.2, 0) is 9.53 Å². The lowest BCUT2D eigenvalue weighted by molar-refractivity contribution is -0.145. The van der Waals surface area contributed by atoms with E-state index in [1.54, 1.807) is 31.2 Å². The van der Waals surface area contributed by atoms with Crippen molar-refractivity contribution in [2.45, 2.75) is 39.0 Å². The molecule has 0 aromatic heterocycles. The van der Waals surface area contributed by atoms with Gasteiger partial charge in [-0.3, -0.25) is 4.79 Å². The van der Waals surface area contributed by atoms with E-state index < -0.39 is 5.92 Å². The van der Waals surface area contributed by atoms with Crippen LogP contribution in [0.2, 0.25) is 0 Å². The predicted octanol–water partition coefficient (Wildman–Crippen LogP) is 3.23. The summed E-state index contributed by atoms with van der Waals surface area (Å²) in [7, 11) is 0. The second-order valence-electron chi connectivity index (χ2n) is 4.16. The highest BCUT2D eigenvalue weighted by Crippen LogP contribution is 2.25. The Hall–Kier alpha value is -1.51. The van der Waals surface area contributed by atoms with Gasteiger partial charge in [0.2, 0.25) is 0 Å². The Morgan fingerprint density at radius 2 is 2.06 bits per heavy atom. The minimum atomic E-state index is -0.419. The molecule has 3 nitrogen and oxygen atoms in total. The van der Waals surface area contributed by atoms with Crippen molar-refractivity contribution >= 4 is 5.97 Å². The minimum absolute atomic E-state index is 0.144. The Labute approximate surface area is 102 Å². The molecule has 0 saturated heterocycles. The number of carbonyl (C=O) groups is 1. The van der Waals surface area contributed by atoms with Crippen LogP contribution in [0.4, 0.5) is 0 Å². The monoisotopic (exact) mass is 236 g/mol. The topological polar surface area (TPSA) is 46.5 Å². The van der Waals surface area contributed by atoms with Crippen molar-refractivity contribution in [3.05, 3.63) is 29.8 Å². The van der Waals surface area contributed by atoms with Crippen molar-refractivity contribution < 1.29 is 14.6 Å². The van der Waals surface area contributed by atoms with E-state index in [0.29, 0.717) is 12.2 Å². The molecule has 0 amide bonds. The van der Waals surface area contributed by atoms with Crippen molar-refractivity contribution in [1.82, 2.24) is 0 Å². The van der Waals surface area contributed by atoms with E-state index in [9.17, 15) is 9.90 Å². The lowest BCUT2D eigenvalue weighted by Crippen LogP contribution is -2.14. The Balaban J connectivity index is 2.49. The third kappa shape index (κ3) is 4.10. The molecule has 0 bridgehead atoms. The molecule has 0 aliphatic heterocycles. The van der Waals surface area contributed by atoms with Crippen molar-refractivity contribution in [3.63, 3.8) is 0 Å². The van der Waals surface area contributed by atoms with Gasteiger partial charge in [-0.2, -0.15) is 0 Å². The normalized spacial score (nSPS) is 12.1. The molecular weight excluding hydrogens is 216 g/mol. The predicted molar refractivity (Wildman–Crippen MR) is 67.0 cm³/mol. The van der Waals surface area contributed by atoms with Crippen LogP contribution >= 0.6 is 0 Å². The highest BCUT2D eigenvalue weighted by molar-refractivity contribution is 5.78. The largest absolute Gasteiger partial charge is 0.508 e. The summed E-state index contributed by atoms with van der Waals surface area (Å²) in [6.45, 7) is 4.31. The minimum Gasteiger partial charge on any atom is -0.508 e. The van der Waals surface area contributed by atoms with Crippen LogP contribution in [0.3, 0.4) is 0 Å². The standard InChI is InChI=1S/C14H20O3/c1-3-4-7-10-17-14(16)11(2)12-8-5-6-9-13(12)15/h5-6,8-9,11,15H,3-4,7,10H2,1-2H3. The number of phenolic OH excluding ortho intramolecular Hbond substituents is 1. The Kier molecular flexibility index (Phi) is 5.53. The molecular formula is C14H20O3. The number of ether oxygens (including phenoxy) is 1. The molecule has 0 aliphatic rings. The fourth-order valence-electron chi connectivity index (χ4n) is 1.63. The van der Waals surface area contributed by atoms with Crippen LogP contribution in [0.5, 0.6) is 5.75 Å². The van der Waals surface area contributed by atoms with Gasteiger partial charge in [-0.25, -0.2) is 0 Å². The van der Waals surface area contributed by atoms with Gasteiger partial charge in [0.05, 0.1) is 12.5 Å². The first-order valence-electron chi connectivity index (χ1n) is 6.11. The van der Waals surface area contributed by atoms with Crippen molar-refractivity contribution in [3.8, 4) is 5.75 Å². The summed E-state index contributed by atoms with van der Waals surface area (Å²) in [5.74, 6) is -0.550. The number of unbranched alkanes of at least 4 members (excludes halogenated alkanes) is 2. The smallest absolute Gasteiger partial charge is 0.313 e. The van der Waals surface area contributed by atoms with Gasteiger partial charge in [0, 0.05) is 5.56 Å². The van der Waals surface area contributed by atoms with Gasteiger partial charge in [-0.15, -0.1) is 0 Å². The average molecular weight is 236 g/mol. The highest BCUT2D eigenvalue weighted by atomic mass is 16.5. The van der Waals surface area contributed by atoms with Gasteiger partial charge in [-0.05, 0) is 19.4 Å². The lowest BCUT2D eigenvalue weighted by Gasteiger charge is -2.12. The highest BCUT2D eigenvalue weighted by Gasteiger charge is 2.19. The SMILES string of the molecule is CCCCCOC(=O)C(C)c1ccccc1O. The van der Waals surface area contributed by atoms with Crippen LogP contribution < -0.4 is 0 Å². The number of aromatic hydroxyl groups is 1. The van der Waals surface area contributed by atoms with Crippen molar-refractivity contribution in [2.24, 2.45) is 0 Å². The zero-order valence-corrected chi connectivity index (χ0v) is 10.5. The molecule has 0 fully saturated rings. The first-order valence-corrected chi connectivity index (χ1v) is 6.11. The molecule has 1 atom stereocenters. The van der Waals surface area contributed by atoms with E-state index in [1.807, 2.05) is 0 Å². The molecule has 0 radical (unpaired) electrons. The molecule has 1 aromatic carbocycles. The van der Waals surface area contributed by atoms with E-state index in [-0.39, 0.29) is 11.7 Å². The van der Waals surface area contributed by atoms with Gasteiger partial charge in [0.25, 0.3) is 0 Å². The molecule has 1 aromatic rings. The van der Waals surface area contributed by atoms with Gasteiger partial charge < -0.3 is 9.84 Å². The van der Waals surface area contributed by atoms with Crippen molar-refractivity contribution in [2.75, 3.05) is 6.61 Å². The molecule has 0 heterocycles. The number of hydrogen-bond acceptors (Lipinski definition) is 3. The van der Waals surface area contributed by atoms with E-state index >= 15 is 0 Å². The summed E-state index contributed by atoms with van der Waals surface area (Å²) in [4.78, 5) is 11.7. The van der Waals surface area contributed by atoms with Crippen LogP contribution in [-0.4, -0.2) is 17.7 Å². The van der Waals surface area contributed by atoms with Gasteiger partial charge in [0.15, 0.2) is 0 Å². The molecule has 1 N–H and O–H groups in total. The Morgan fingerprint density at radius 3 is 2.71 bits per heavy atom. The number of rotatable bonds is 6. The molecule has 1 unspecified atom stereocenters. The van der Waals surface area contributed by atoms with Gasteiger partial charge in [0.1, 0.15) is 5.75 Å². The van der Waals surface area contributed by atoms with Gasteiger partial charge >= 0.3 is 5.97 Å². The van der Waals surface area contributed by atoms with Crippen LogP contribution in [0.15, 0.2) is 24.3 Å². The number of benzene rings is 1. The van der Waals surface area contributed by atoms with Crippen LogP contribution in [0, 0.1) is 0 Å². The summed E-state index contributed by atoms with van der Waals surface area (Å²) in [6.07, 6.45) is 3.07. The molecule has 1 rings (SSSR count). The summed E-state index contributed by atoms with van der Waals surface area (Å²) in [6, 6.07) is 6.86. The van der Waals surface area contributed by atoms with E-state index in [0.717, 1.165) is 19.3 Å². The molecule has 0 aliphatic carbocycles. The van der Waals surface area contributed by atoms with Gasteiger partial charge in [-0.1, -0.05) is 38.0 Å². The van der Waals surface area contributed by atoms with Crippen LogP contribution in [0.25, 0.3) is 0 Å². The number of esters is 1. The fraction of sp³-hybridized carbons (Fsp3) is 0.500. The second-order valence-corrected chi connectivity index (χ2v) is 4.16. The number of phenols is 1. The number of hydrogen-bond donors (Lipinski definition) is 1. The summed E-state index contributed by atoms with van der Waals surface area (Å²) in [5, 5.41) is 9.63. The first kappa shape index (κ1) is 13.6. The molecule has 17 heavy (non-hydrogen) atoms. The molecule has 94 valence electrons. The summed E-state index contributed by atoms with van der Waals surface area (Å²) >= 11 is 0. The zero-order valence-electron chi connectivity index (χ0n) is 10.5. The van der Waals surface area contributed by atoms with E-state index in [1.165, 1.54) is 0 Å². The number of carbonyl (C=O) groups excluding carboxylic acids is 1. The Bertz CT molecular complexity index is 360. The molecule has 3 heteroatoms. The second kappa shape index (κ2) is 6.94. The first-order chi connectivity index (χ1) is 8.16. The maximum absolute atomic E-state index is 11.7. The quantitative estimate of drug-likeness (QED) is 0.609. The zero-order chi connectivity index (χ0) is 12.7. The third-order valence-electron chi connectivity index (χ3n) is 2.75. The van der Waals surface area contributed by atoms with E-state index in [4.69, 9.17) is 4.74 Å². The number of para-hydroxylation sites is 1. The van der Waals surface area contributed by atoms with Crippen LogP contribution in [0.1, 0.15) is 44.6 Å². The molecule has 0 saturated carbocycles. The van der Waals surface area contributed by atoms with Crippen molar-refractivity contribution in [1.29, 1.82) is 0 Å². The summed E-state index contributed by atoms with van der Waals surface area (Å²) < 4.78 is 5.17. The fourth-order valence-corrected chi connectivity index (χ4v) is 1.63. The maximum atomic E-state index is 11.7. The molecule has 0 spiro atoms. The maximum Gasteiger partial charge on any atom is 0.313 e. The van der Waals surface area contributed by atoms with E-state index in [2.05, 4.69) is 6.92 Å². The summed E-state index contributed by atoms with van der Waals surface area (Å²) in [5.41, 5.74) is 0.619. The third-order valence-corrected chi connectivity index (χ3v) is 2.75. The average Bonchev–Trinajstić information content (AvgIpc) is 2.34. The Morgan fingerprint density at radius 1 is 1.35 bits per heavy atom.